The van der Waals surface area contributed by atoms with Crippen molar-refractivity contribution in [2.45, 2.75) is 0 Å². The minimum Gasteiger partial charge on any atom is -0.469 e. The Morgan fingerprint density at radius 1 is 0.750 bits per heavy atom. The van der Waals surface area contributed by atoms with Crippen LogP contribution in [0.1, 0.15) is 0 Å². The Hall–Kier alpha value is -2.24. The van der Waals surface area contributed by atoms with E-state index in [1.165, 1.54) is 14.2 Å². The number of allylic oxidation sites excluding steroid dienone is 4. The zero-order valence-electron chi connectivity index (χ0n) is 15.5. The van der Waals surface area contributed by atoms with E-state index in [2.05, 4.69) is 0 Å². The van der Waals surface area contributed by atoms with Crippen molar-refractivity contribution in [3.05, 3.63) is 24.3 Å². The zero-order valence-corrected chi connectivity index (χ0v) is 15.5. The number of hydrogen-bond acceptors (Lipinski definition) is 6. The van der Waals surface area contributed by atoms with Crippen LogP contribution in [0.3, 0.4) is 0 Å². The maximum atomic E-state index is 13.5. The molecule has 12 atom stereocenters. The molecule has 6 heteroatoms. The summed E-state index contributed by atoms with van der Waals surface area (Å²) in [6.07, 6.45) is 7.13. The van der Waals surface area contributed by atoms with Crippen LogP contribution in [0.15, 0.2) is 24.3 Å². The molecule has 28 heavy (non-hydrogen) atoms. The van der Waals surface area contributed by atoms with Gasteiger partial charge in [0.15, 0.2) is 11.6 Å². The van der Waals surface area contributed by atoms with Gasteiger partial charge >= 0.3 is 11.9 Å². The quantitative estimate of drug-likeness (QED) is 0.659. The topological polar surface area (TPSA) is 86.7 Å². The second-order valence-electron chi connectivity index (χ2n) is 9.71. The Morgan fingerprint density at radius 3 is 1.50 bits per heavy atom. The molecule has 0 aromatic heterocycles. The highest BCUT2D eigenvalue weighted by Crippen LogP contribution is 2.96. The van der Waals surface area contributed by atoms with E-state index in [0.29, 0.717) is 0 Å². The molecule has 8 bridgehead atoms. The standard InChI is InChI=1S/C22H20O6/c1-27-19(25)21-15-7-3-5-10(24)12(7)18-13(15)14-16(22(18,21)20(26)28-2)8-4-6-9(23)11(8)17(14)21/h3-8,11-18H,1-2H3/t7-,8+,11-,12-,13-,14+,15-,16+,17+,18-,21+,22-/m1/s1. The van der Waals surface area contributed by atoms with Gasteiger partial charge in [-0.15, -0.1) is 0 Å². The lowest BCUT2D eigenvalue weighted by Crippen LogP contribution is -2.66. The van der Waals surface area contributed by atoms with Crippen LogP contribution in [-0.4, -0.2) is 37.7 Å². The number of ketones is 2. The van der Waals surface area contributed by atoms with Crippen molar-refractivity contribution in [2.24, 2.45) is 70.0 Å². The number of rotatable bonds is 2. The summed E-state index contributed by atoms with van der Waals surface area (Å²) in [6, 6.07) is 0. The van der Waals surface area contributed by atoms with Crippen molar-refractivity contribution in [3.63, 3.8) is 0 Å². The molecule has 0 aromatic rings. The molecule has 8 aliphatic rings. The molecule has 0 unspecified atom stereocenters. The van der Waals surface area contributed by atoms with Gasteiger partial charge in [0.25, 0.3) is 0 Å². The fourth-order valence-electron chi connectivity index (χ4n) is 10.3. The van der Waals surface area contributed by atoms with E-state index in [0.717, 1.165) is 0 Å². The molecule has 0 heterocycles. The predicted molar refractivity (Wildman–Crippen MR) is 92.1 cm³/mol. The third-order valence-corrected chi connectivity index (χ3v) is 9.99. The normalized spacial score (nSPS) is 59.5. The van der Waals surface area contributed by atoms with E-state index in [-0.39, 0.29) is 82.7 Å². The molecule has 8 rings (SSSR count). The van der Waals surface area contributed by atoms with Crippen LogP contribution in [0.4, 0.5) is 0 Å². The summed E-state index contributed by atoms with van der Waals surface area (Å²) in [7, 11) is 2.73. The summed E-state index contributed by atoms with van der Waals surface area (Å²) in [5.41, 5.74) is -2.09. The van der Waals surface area contributed by atoms with Crippen LogP contribution < -0.4 is 0 Å². The van der Waals surface area contributed by atoms with E-state index >= 15 is 0 Å². The fourth-order valence-corrected chi connectivity index (χ4v) is 10.3. The monoisotopic (exact) mass is 380 g/mol. The van der Waals surface area contributed by atoms with E-state index < -0.39 is 10.8 Å². The molecule has 0 spiro atoms. The van der Waals surface area contributed by atoms with Gasteiger partial charge in [-0.2, -0.15) is 0 Å². The molecule has 144 valence electrons. The molecule has 0 aliphatic heterocycles. The van der Waals surface area contributed by atoms with Crippen molar-refractivity contribution >= 4 is 23.5 Å². The Balaban J connectivity index is 1.56. The molecule has 6 fully saturated rings. The number of methoxy groups -OCH3 is 2. The van der Waals surface area contributed by atoms with Gasteiger partial charge in [-0.25, -0.2) is 0 Å². The lowest BCUT2D eigenvalue weighted by atomic mass is 9.43. The summed E-state index contributed by atoms with van der Waals surface area (Å²) in [6.45, 7) is 0. The molecule has 0 amide bonds. The van der Waals surface area contributed by atoms with Crippen LogP contribution in [0.25, 0.3) is 0 Å². The highest BCUT2D eigenvalue weighted by atomic mass is 16.5. The second kappa shape index (κ2) is 4.19. The van der Waals surface area contributed by atoms with Crippen molar-refractivity contribution in [2.75, 3.05) is 14.2 Å². The molecule has 6 nitrogen and oxygen atoms in total. The SMILES string of the molecule is COC(=O)[C@]12[C@@H]3[C@H]4C(=O)C=C[C@H]4[C@@H]4[C@H]3[C@H]3[C@@H]1[C@H]1C=CC(=O)[C@@H]1[C@@H]3[C@]42C(=O)OC. The first-order valence-electron chi connectivity index (χ1n) is 10.1. The summed E-state index contributed by atoms with van der Waals surface area (Å²) in [5.74, 6) is -1.53. The van der Waals surface area contributed by atoms with Crippen molar-refractivity contribution in [1.29, 1.82) is 0 Å². The second-order valence-corrected chi connectivity index (χ2v) is 9.71. The van der Waals surface area contributed by atoms with Gasteiger partial charge in [0.2, 0.25) is 0 Å². The number of carbonyl (C=O) groups is 4. The number of fused-ring (bicyclic) bond motifs is 2. The van der Waals surface area contributed by atoms with E-state index in [4.69, 9.17) is 9.47 Å². The number of ether oxygens (including phenoxy) is 2. The predicted octanol–water partition coefficient (Wildman–Crippen LogP) is 0.813. The lowest BCUT2D eigenvalue weighted by Gasteiger charge is -2.56. The van der Waals surface area contributed by atoms with Crippen molar-refractivity contribution in [1.82, 2.24) is 0 Å². The zero-order chi connectivity index (χ0) is 19.3. The first-order valence-corrected chi connectivity index (χ1v) is 10.1. The van der Waals surface area contributed by atoms with E-state index in [1.807, 2.05) is 12.2 Å². The molecular formula is C22H20O6. The van der Waals surface area contributed by atoms with Crippen LogP contribution >= 0.6 is 0 Å². The Bertz CT molecular complexity index is 900. The average Bonchev–Trinajstić information content (AvgIpc) is 3.49. The van der Waals surface area contributed by atoms with Crippen molar-refractivity contribution in [3.8, 4) is 0 Å². The van der Waals surface area contributed by atoms with Gasteiger partial charge in [-0.1, -0.05) is 12.2 Å². The smallest absolute Gasteiger partial charge is 0.313 e. The maximum absolute atomic E-state index is 13.5. The van der Waals surface area contributed by atoms with E-state index in [1.54, 1.807) is 12.2 Å². The Kier molecular flexibility index (Phi) is 2.34. The number of carbonyl (C=O) groups excluding carboxylic acids is 4. The molecule has 0 radical (unpaired) electrons. The maximum Gasteiger partial charge on any atom is 0.313 e. The van der Waals surface area contributed by atoms with Crippen LogP contribution in [0.5, 0.6) is 0 Å². The largest absolute Gasteiger partial charge is 0.469 e. The van der Waals surface area contributed by atoms with Gasteiger partial charge in [-0.05, 0) is 59.5 Å². The van der Waals surface area contributed by atoms with Crippen LogP contribution in [0, 0.1) is 70.0 Å². The van der Waals surface area contributed by atoms with Gasteiger partial charge in [0.05, 0.1) is 25.0 Å². The van der Waals surface area contributed by atoms with Crippen LogP contribution in [-0.2, 0) is 28.7 Å². The van der Waals surface area contributed by atoms with E-state index in [9.17, 15) is 19.2 Å². The molecule has 0 saturated heterocycles. The molecule has 0 N–H and O–H groups in total. The third kappa shape index (κ3) is 1.04. The molecule has 6 saturated carbocycles. The summed E-state index contributed by atoms with van der Waals surface area (Å²) in [4.78, 5) is 52.6. The van der Waals surface area contributed by atoms with Gasteiger partial charge in [0.1, 0.15) is 0 Å². The van der Waals surface area contributed by atoms with Crippen molar-refractivity contribution < 1.29 is 28.7 Å². The van der Waals surface area contributed by atoms with Gasteiger partial charge < -0.3 is 9.47 Å². The molecular weight excluding hydrogens is 360 g/mol. The first-order chi connectivity index (χ1) is 13.5. The third-order valence-electron chi connectivity index (χ3n) is 9.99. The molecule has 8 aliphatic carbocycles. The number of esters is 2. The summed E-state index contributed by atoms with van der Waals surface area (Å²) < 4.78 is 10.7. The Labute approximate surface area is 161 Å². The van der Waals surface area contributed by atoms with Gasteiger partial charge in [0, 0.05) is 11.8 Å². The van der Waals surface area contributed by atoms with Crippen LogP contribution in [0.2, 0.25) is 0 Å². The molecule has 0 aromatic carbocycles. The highest BCUT2D eigenvalue weighted by molar-refractivity contribution is 6.03. The Morgan fingerprint density at radius 2 is 1.14 bits per heavy atom. The van der Waals surface area contributed by atoms with Gasteiger partial charge in [-0.3, -0.25) is 19.2 Å². The average molecular weight is 380 g/mol. The fraction of sp³-hybridized carbons (Fsp3) is 0.636. The minimum absolute atomic E-state index is 0.0335. The first kappa shape index (κ1) is 15.7. The summed E-state index contributed by atoms with van der Waals surface area (Å²) in [5, 5.41) is 0. The number of hydrogen-bond donors (Lipinski definition) is 0. The highest BCUT2D eigenvalue weighted by Gasteiger charge is 3.01. The summed E-state index contributed by atoms with van der Waals surface area (Å²) >= 11 is 0. The lowest BCUT2D eigenvalue weighted by molar-refractivity contribution is -0.206. The minimum atomic E-state index is -1.04.